The molecule has 0 amide bonds. The van der Waals surface area contributed by atoms with Crippen LogP contribution in [0.1, 0.15) is 16.8 Å². The molecule has 0 bridgehead atoms. The first-order valence-electron chi connectivity index (χ1n) is 8.07. The maximum atomic E-state index is 6.21. The third-order valence-corrected chi connectivity index (χ3v) is 4.59. The van der Waals surface area contributed by atoms with Crippen molar-refractivity contribution in [1.82, 2.24) is 10.3 Å². The fourth-order valence-electron chi connectivity index (χ4n) is 2.45. The van der Waals surface area contributed by atoms with E-state index in [0.717, 1.165) is 22.6 Å². The number of nitrogens with one attached hydrogen (secondary N) is 1. The molecule has 0 aliphatic rings. The molecule has 0 aliphatic heterocycles. The van der Waals surface area contributed by atoms with Crippen LogP contribution in [-0.2, 0) is 19.7 Å². The van der Waals surface area contributed by atoms with Gasteiger partial charge in [-0.2, -0.15) is 0 Å². The predicted molar refractivity (Wildman–Crippen MR) is 107 cm³/mol. The molecule has 3 nitrogen and oxygen atoms in total. The van der Waals surface area contributed by atoms with Crippen LogP contribution >= 0.6 is 34.8 Å². The molecule has 0 aliphatic carbocycles. The van der Waals surface area contributed by atoms with E-state index in [1.54, 1.807) is 18.3 Å². The molecule has 2 aromatic carbocycles. The van der Waals surface area contributed by atoms with E-state index in [2.05, 4.69) is 10.3 Å². The van der Waals surface area contributed by atoms with E-state index in [4.69, 9.17) is 39.5 Å². The normalized spacial score (nSPS) is 10.7. The van der Waals surface area contributed by atoms with E-state index < -0.39 is 0 Å². The molecule has 26 heavy (non-hydrogen) atoms. The molecule has 1 heterocycles. The Kier molecular flexibility index (Phi) is 6.75. The summed E-state index contributed by atoms with van der Waals surface area (Å²) in [6.45, 7) is 1.63. The molecule has 6 heteroatoms. The number of benzene rings is 2. The Morgan fingerprint density at radius 1 is 0.846 bits per heavy atom. The molecule has 1 N–H and O–H groups in total. The Labute approximate surface area is 167 Å². The highest BCUT2D eigenvalue weighted by Gasteiger charge is 2.08. The second-order valence-electron chi connectivity index (χ2n) is 5.70. The Morgan fingerprint density at radius 3 is 2.42 bits per heavy atom. The molecule has 0 saturated carbocycles. The molecule has 0 spiro atoms. The summed E-state index contributed by atoms with van der Waals surface area (Å²) in [5, 5.41) is 5.21. The quantitative estimate of drug-likeness (QED) is 0.528. The maximum absolute atomic E-state index is 6.21. The van der Waals surface area contributed by atoms with Crippen molar-refractivity contribution in [2.45, 2.75) is 19.7 Å². The van der Waals surface area contributed by atoms with Crippen LogP contribution in [-0.4, -0.2) is 4.98 Å². The Hall–Kier alpha value is -1.78. The van der Waals surface area contributed by atoms with Crippen molar-refractivity contribution >= 4 is 34.8 Å². The van der Waals surface area contributed by atoms with Crippen LogP contribution in [0.4, 0.5) is 0 Å². The van der Waals surface area contributed by atoms with Gasteiger partial charge in [-0.05, 0) is 42.5 Å². The average Bonchev–Trinajstić information content (AvgIpc) is 2.63. The van der Waals surface area contributed by atoms with Crippen LogP contribution in [0.3, 0.4) is 0 Å². The summed E-state index contributed by atoms with van der Waals surface area (Å²) >= 11 is 18.3. The highest BCUT2D eigenvalue weighted by Crippen LogP contribution is 2.26. The van der Waals surface area contributed by atoms with Crippen molar-refractivity contribution in [3.63, 3.8) is 0 Å². The van der Waals surface area contributed by atoms with Crippen molar-refractivity contribution in [2.24, 2.45) is 0 Å². The first kappa shape index (κ1) is 19.0. The van der Waals surface area contributed by atoms with Crippen molar-refractivity contribution in [3.05, 3.63) is 92.7 Å². The zero-order valence-electron chi connectivity index (χ0n) is 13.9. The van der Waals surface area contributed by atoms with Crippen molar-refractivity contribution in [3.8, 4) is 5.75 Å². The van der Waals surface area contributed by atoms with Gasteiger partial charge >= 0.3 is 0 Å². The predicted octanol–water partition coefficient (Wildman–Crippen LogP) is 5.91. The van der Waals surface area contributed by atoms with E-state index in [-0.39, 0.29) is 0 Å². The molecule has 3 rings (SSSR count). The summed E-state index contributed by atoms with van der Waals surface area (Å²) in [7, 11) is 0. The molecule has 1 aromatic heterocycles. The topological polar surface area (TPSA) is 34.1 Å². The standard InChI is InChI=1S/C20H17Cl3N2O/c21-16-6-7-20(26-13-14-4-5-17(22)10-19(14)23)15(9-16)11-24-12-18-3-1-2-8-25-18/h1-10,24H,11-13H2. The lowest BCUT2D eigenvalue weighted by Crippen LogP contribution is -2.14. The number of ether oxygens (including phenoxy) is 1. The summed E-state index contributed by atoms with van der Waals surface area (Å²) < 4.78 is 5.96. The number of hydrogen-bond acceptors (Lipinski definition) is 3. The minimum atomic E-state index is 0.352. The van der Waals surface area contributed by atoms with Gasteiger partial charge in [0.1, 0.15) is 12.4 Å². The van der Waals surface area contributed by atoms with E-state index in [0.29, 0.717) is 34.8 Å². The summed E-state index contributed by atoms with van der Waals surface area (Å²) in [4.78, 5) is 4.30. The molecular weight excluding hydrogens is 391 g/mol. The summed E-state index contributed by atoms with van der Waals surface area (Å²) in [5.74, 6) is 0.758. The number of aromatic nitrogens is 1. The second kappa shape index (κ2) is 9.24. The number of nitrogens with zero attached hydrogens (tertiary/aromatic N) is 1. The van der Waals surface area contributed by atoms with Gasteiger partial charge in [0.25, 0.3) is 0 Å². The smallest absolute Gasteiger partial charge is 0.124 e. The van der Waals surface area contributed by atoms with Crippen LogP contribution in [0.15, 0.2) is 60.8 Å². The molecule has 0 saturated heterocycles. The van der Waals surface area contributed by atoms with E-state index >= 15 is 0 Å². The highest BCUT2D eigenvalue weighted by atomic mass is 35.5. The molecule has 0 unspecified atom stereocenters. The zero-order chi connectivity index (χ0) is 18.4. The third kappa shape index (κ3) is 5.36. The third-order valence-electron chi connectivity index (χ3n) is 3.77. The van der Waals surface area contributed by atoms with Crippen LogP contribution in [0, 0.1) is 0 Å². The van der Waals surface area contributed by atoms with E-state index in [1.165, 1.54) is 0 Å². The minimum absolute atomic E-state index is 0.352. The molecule has 0 fully saturated rings. The van der Waals surface area contributed by atoms with Crippen LogP contribution in [0.5, 0.6) is 5.75 Å². The first-order chi connectivity index (χ1) is 12.6. The number of hydrogen-bond donors (Lipinski definition) is 1. The van der Waals surface area contributed by atoms with Gasteiger partial charge in [-0.25, -0.2) is 0 Å². The van der Waals surface area contributed by atoms with Gasteiger partial charge in [-0.3, -0.25) is 4.98 Å². The second-order valence-corrected chi connectivity index (χ2v) is 6.98. The summed E-state index contributed by atoms with van der Waals surface area (Å²) in [6.07, 6.45) is 1.78. The Balaban J connectivity index is 1.65. The maximum Gasteiger partial charge on any atom is 0.124 e. The lowest BCUT2D eigenvalue weighted by atomic mass is 10.2. The van der Waals surface area contributed by atoms with Gasteiger partial charge in [0.2, 0.25) is 0 Å². The van der Waals surface area contributed by atoms with Crippen molar-refractivity contribution < 1.29 is 4.74 Å². The largest absolute Gasteiger partial charge is 0.489 e. The lowest BCUT2D eigenvalue weighted by Gasteiger charge is -2.13. The van der Waals surface area contributed by atoms with Crippen molar-refractivity contribution in [1.29, 1.82) is 0 Å². The molecule has 134 valence electrons. The lowest BCUT2D eigenvalue weighted by molar-refractivity contribution is 0.302. The van der Waals surface area contributed by atoms with Gasteiger partial charge in [0, 0.05) is 45.5 Å². The minimum Gasteiger partial charge on any atom is -0.489 e. The van der Waals surface area contributed by atoms with Gasteiger partial charge in [-0.15, -0.1) is 0 Å². The fourth-order valence-corrected chi connectivity index (χ4v) is 3.11. The van der Waals surface area contributed by atoms with Gasteiger partial charge in [-0.1, -0.05) is 46.9 Å². The zero-order valence-corrected chi connectivity index (χ0v) is 16.2. The fraction of sp³-hybridized carbons (Fsp3) is 0.150. The van der Waals surface area contributed by atoms with Gasteiger partial charge in [0.05, 0.1) is 5.69 Å². The average molecular weight is 408 g/mol. The van der Waals surface area contributed by atoms with Crippen LogP contribution in [0.2, 0.25) is 15.1 Å². The number of rotatable bonds is 7. The van der Waals surface area contributed by atoms with Crippen LogP contribution in [0.25, 0.3) is 0 Å². The summed E-state index contributed by atoms with van der Waals surface area (Å²) in [6, 6.07) is 16.8. The number of halogens is 3. The molecule has 0 atom stereocenters. The summed E-state index contributed by atoms with van der Waals surface area (Å²) in [5.41, 5.74) is 2.82. The SMILES string of the molecule is Clc1ccc(COc2ccc(Cl)cc2CNCc2ccccn2)c(Cl)c1. The Bertz CT molecular complexity index is 872. The Morgan fingerprint density at radius 2 is 1.65 bits per heavy atom. The molecule has 3 aromatic rings. The first-order valence-corrected chi connectivity index (χ1v) is 9.21. The van der Waals surface area contributed by atoms with Gasteiger partial charge in [0.15, 0.2) is 0 Å². The molecule has 0 radical (unpaired) electrons. The molecular formula is C20H17Cl3N2O. The van der Waals surface area contributed by atoms with E-state index in [1.807, 2.05) is 42.5 Å². The highest BCUT2D eigenvalue weighted by molar-refractivity contribution is 6.35. The van der Waals surface area contributed by atoms with Gasteiger partial charge < -0.3 is 10.1 Å². The monoisotopic (exact) mass is 406 g/mol. The number of pyridine rings is 1. The van der Waals surface area contributed by atoms with E-state index in [9.17, 15) is 0 Å². The van der Waals surface area contributed by atoms with Crippen LogP contribution < -0.4 is 10.1 Å². The van der Waals surface area contributed by atoms with Crippen molar-refractivity contribution in [2.75, 3.05) is 0 Å².